The number of phenolic OH excluding ortho intramolecular Hbond substituents is 1. The van der Waals surface area contributed by atoms with E-state index in [-0.39, 0.29) is 21.9 Å². The Hall–Kier alpha value is -2.65. The molecule has 6 nitrogen and oxygen atoms in total. The first-order chi connectivity index (χ1) is 18.9. The first kappa shape index (κ1) is 26.6. The average Bonchev–Trinajstić information content (AvgIpc) is 3.27. The third kappa shape index (κ3) is 5.27. The fourth-order valence-corrected chi connectivity index (χ4v) is 6.97. The summed E-state index contributed by atoms with van der Waals surface area (Å²) in [6.07, 6.45) is 4.35. The highest BCUT2D eigenvalue weighted by Crippen LogP contribution is 2.43. The number of piperazine rings is 1. The highest BCUT2D eigenvalue weighted by Gasteiger charge is 2.34. The summed E-state index contributed by atoms with van der Waals surface area (Å²) in [6, 6.07) is 13.4. The number of halogens is 2. The Balaban J connectivity index is 1.52. The van der Waals surface area contributed by atoms with E-state index < -0.39 is 5.82 Å². The molecule has 3 saturated heterocycles. The van der Waals surface area contributed by atoms with Gasteiger partial charge in [-0.25, -0.2) is 14.4 Å². The van der Waals surface area contributed by atoms with Gasteiger partial charge in [0.25, 0.3) is 0 Å². The van der Waals surface area contributed by atoms with Gasteiger partial charge in [-0.3, -0.25) is 0 Å². The lowest BCUT2D eigenvalue weighted by Gasteiger charge is -2.39. The monoisotopic (exact) mass is 565 g/mol. The number of hydrogen-bond donors (Lipinski definition) is 2. The van der Waals surface area contributed by atoms with Gasteiger partial charge in [0.15, 0.2) is 11.0 Å². The molecule has 0 radical (unpaired) electrons. The lowest BCUT2D eigenvalue weighted by molar-refractivity contribution is 0.410. The SMILES string of the molecule is CN(C)CCCSc1nc(N2CC3CCCC2CN3)c2cc(Cl)c(-c3cc(O)cc4ccccc34)c(F)c2n1. The van der Waals surface area contributed by atoms with Crippen molar-refractivity contribution in [2.24, 2.45) is 0 Å². The van der Waals surface area contributed by atoms with Crippen molar-refractivity contribution in [3.63, 3.8) is 0 Å². The molecule has 0 spiro atoms. The van der Waals surface area contributed by atoms with Crippen LogP contribution in [0.25, 0.3) is 32.8 Å². The molecule has 3 aliphatic rings. The van der Waals surface area contributed by atoms with Crippen LogP contribution < -0.4 is 10.2 Å². The first-order valence-corrected chi connectivity index (χ1v) is 14.9. The molecule has 2 bridgehead atoms. The third-order valence-corrected chi connectivity index (χ3v) is 9.03. The van der Waals surface area contributed by atoms with Crippen molar-refractivity contribution in [1.29, 1.82) is 0 Å². The molecule has 7 rings (SSSR count). The number of phenols is 1. The second-order valence-corrected chi connectivity index (χ2v) is 12.3. The minimum absolute atomic E-state index is 0.0628. The molecule has 2 unspecified atom stereocenters. The number of rotatable bonds is 7. The number of thioether (sulfide) groups is 1. The van der Waals surface area contributed by atoms with Crippen LogP contribution in [0.3, 0.4) is 0 Å². The van der Waals surface area contributed by atoms with Gasteiger partial charge in [-0.15, -0.1) is 0 Å². The Labute approximate surface area is 237 Å². The van der Waals surface area contributed by atoms with Crippen LogP contribution in [0.5, 0.6) is 5.75 Å². The van der Waals surface area contributed by atoms with Crippen molar-refractivity contribution in [2.75, 3.05) is 44.4 Å². The summed E-state index contributed by atoms with van der Waals surface area (Å²) >= 11 is 8.44. The summed E-state index contributed by atoms with van der Waals surface area (Å²) < 4.78 is 16.7. The van der Waals surface area contributed by atoms with Gasteiger partial charge < -0.3 is 20.2 Å². The average molecular weight is 566 g/mol. The minimum Gasteiger partial charge on any atom is -0.508 e. The van der Waals surface area contributed by atoms with Crippen molar-refractivity contribution in [3.05, 3.63) is 53.3 Å². The van der Waals surface area contributed by atoms with Crippen LogP contribution in [-0.4, -0.2) is 71.5 Å². The zero-order chi connectivity index (χ0) is 27.1. The predicted molar refractivity (Wildman–Crippen MR) is 160 cm³/mol. The quantitative estimate of drug-likeness (QED) is 0.154. The molecule has 204 valence electrons. The summed E-state index contributed by atoms with van der Waals surface area (Å²) in [6.45, 7) is 2.69. The van der Waals surface area contributed by atoms with E-state index in [1.54, 1.807) is 23.9 Å². The van der Waals surface area contributed by atoms with E-state index in [4.69, 9.17) is 21.6 Å². The van der Waals surface area contributed by atoms with E-state index in [9.17, 15) is 5.11 Å². The zero-order valence-electron chi connectivity index (χ0n) is 22.3. The minimum atomic E-state index is -0.481. The van der Waals surface area contributed by atoms with Crippen LogP contribution >= 0.6 is 23.4 Å². The van der Waals surface area contributed by atoms with E-state index in [1.165, 1.54) is 0 Å². The topological polar surface area (TPSA) is 64.5 Å². The molecule has 39 heavy (non-hydrogen) atoms. The molecule has 2 N–H and O–H groups in total. The van der Waals surface area contributed by atoms with Crippen molar-refractivity contribution < 1.29 is 9.50 Å². The highest BCUT2D eigenvalue weighted by molar-refractivity contribution is 7.99. The van der Waals surface area contributed by atoms with Gasteiger partial charge in [0.2, 0.25) is 0 Å². The third-order valence-electron chi connectivity index (χ3n) is 7.80. The van der Waals surface area contributed by atoms with Gasteiger partial charge in [-0.2, -0.15) is 0 Å². The maximum Gasteiger partial charge on any atom is 0.190 e. The highest BCUT2D eigenvalue weighted by atomic mass is 35.5. The van der Waals surface area contributed by atoms with Gasteiger partial charge in [-0.05, 0) is 80.9 Å². The second-order valence-electron chi connectivity index (χ2n) is 10.8. The number of hydrogen-bond acceptors (Lipinski definition) is 7. The summed E-state index contributed by atoms with van der Waals surface area (Å²) in [5, 5.41) is 17.2. The standard InChI is InChI=1S/C30H33ClFN5OS/c1-36(2)11-6-12-39-30-34-28-24(29(35-30)37-17-19-8-5-9-20(37)16-33-19)15-25(31)26(27(28)32)23-14-21(38)13-18-7-3-4-10-22(18)23/h3-4,7,10,13-15,19-20,33,38H,5-6,8-9,11-12,16-17H2,1-2H3. The largest absolute Gasteiger partial charge is 0.508 e. The predicted octanol–water partition coefficient (Wildman–Crippen LogP) is 6.32. The smallest absolute Gasteiger partial charge is 0.190 e. The van der Waals surface area contributed by atoms with E-state index in [2.05, 4.69) is 29.2 Å². The molecule has 3 fully saturated rings. The molecule has 0 saturated carbocycles. The first-order valence-electron chi connectivity index (χ1n) is 13.6. The second kappa shape index (κ2) is 11.1. The summed E-state index contributed by atoms with van der Waals surface area (Å²) in [5.74, 6) is 1.19. The van der Waals surface area contributed by atoms with E-state index in [0.717, 1.165) is 67.7 Å². The molecule has 4 aromatic rings. The van der Waals surface area contributed by atoms with Crippen LogP contribution in [-0.2, 0) is 0 Å². The zero-order valence-corrected chi connectivity index (χ0v) is 23.8. The number of aromatic nitrogens is 2. The lowest BCUT2D eigenvalue weighted by Crippen LogP contribution is -2.54. The molecule has 2 atom stereocenters. The molecule has 3 aliphatic heterocycles. The molecule has 3 aromatic carbocycles. The Morgan fingerprint density at radius 3 is 2.85 bits per heavy atom. The van der Waals surface area contributed by atoms with E-state index >= 15 is 4.39 Å². The van der Waals surface area contributed by atoms with Gasteiger partial charge in [0.05, 0.1) is 5.02 Å². The Morgan fingerprint density at radius 1 is 1.15 bits per heavy atom. The van der Waals surface area contributed by atoms with E-state index in [1.807, 2.05) is 30.3 Å². The molecule has 0 amide bonds. The van der Waals surface area contributed by atoms with E-state index in [0.29, 0.717) is 28.2 Å². The van der Waals surface area contributed by atoms with Gasteiger partial charge in [0, 0.05) is 41.9 Å². The van der Waals surface area contributed by atoms with Crippen LogP contribution in [0.2, 0.25) is 5.02 Å². The molecular formula is C30H33ClFN5OS. The number of benzene rings is 3. The molecule has 4 heterocycles. The number of fused-ring (bicyclic) bond motifs is 6. The van der Waals surface area contributed by atoms with Crippen molar-refractivity contribution in [1.82, 2.24) is 20.2 Å². The summed E-state index contributed by atoms with van der Waals surface area (Å²) in [5.41, 5.74) is 1.08. The van der Waals surface area contributed by atoms with Crippen molar-refractivity contribution >= 4 is 50.9 Å². The van der Waals surface area contributed by atoms with Crippen LogP contribution in [0.4, 0.5) is 10.2 Å². The van der Waals surface area contributed by atoms with Crippen LogP contribution in [0.15, 0.2) is 47.6 Å². The molecule has 0 aliphatic carbocycles. The Morgan fingerprint density at radius 2 is 2.00 bits per heavy atom. The van der Waals surface area contributed by atoms with Crippen LogP contribution in [0.1, 0.15) is 25.7 Å². The van der Waals surface area contributed by atoms with Crippen molar-refractivity contribution in [3.8, 4) is 16.9 Å². The maximum absolute atomic E-state index is 16.7. The van der Waals surface area contributed by atoms with Crippen LogP contribution in [0, 0.1) is 5.82 Å². The number of anilines is 1. The van der Waals surface area contributed by atoms with Gasteiger partial charge >= 0.3 is 0 Å². The molecular weight excluding hydrogens is 533 g/mol. The normalized spacial score (nSPS) is 19.4. The Kier molecular flexibility index (Phi) is 7.55. The Bertz CT molecular complexity index is 1530. The number of aromatic hydroxyl groups is 1. The van der Waals surface area contributed by atoms with Gasteiger partial charge in [-0.1, -0.05) is 47.6 Å². The summed E-state index contributed by atoms with van der Waals surface area (Å²) in [7, 11) is 4.12. The fraction of sp³-hybridized carbons (Fsp3) is 0.400. The maximum atomic E-state index is 16.7. The fourth-order valence-electron chi connectivity index (χ4n) is 5.91. The number of nitrogens with zero attached hydrogens (tertiary/aromatic N) is 4. The lowest BCUT2D eigenvalue weighted by atomic mass is 9.96. The summed E-state index contributed by atoms with van der Waals surface area (Å²) in [4.78, 5) is 14.3. The molecule has 9 heteroatoms. The number of nitrogens with one attached hydrogen (secondary N) is 1. The van der Waals surface area contributed by atoms with Crippen molar-refractivity contribution in [2.45, 2.75) is 42.9 Å². The van der Waals surface area contributed by atoms with Gasteiger partial charge in [0.1, 0.15) is 17.1 Å². The molecule has 1 aromatic heterocycles.